The van der Waals surface area contributed by atoms with Crippen LogP contribution < -0.4 is 10.5 Å². The number of aryl methyl sites for hydroxylation is 1. The lowest BCUT2D eigenvalue weighted by atomic mass is 9.77. The number of hydrogen-bond donors (Lipinski definition) is 1. The van der Waals surface area contributed by atoms with Gasteiger partial charge in [0.05, 0.1) is 7.11 Å². The molecule has 0 aromatic heterocycles. The Kier molecular flexibility index (Phi) is 3.93. The summed E-state index contributed by atoms with van der Waals surface area (Å²) < 4.78 is 18.9. The molecule has 2 aromatic rings. The molecular formula is C18H20FNO. The van der Waals surface area contributed by atoms with E-state index in [9.17, 15) is 4.39 Å². The van der Waals surface area contributed by atoms with E-state index < -0.39 is 0 Å². The van der Waals surface area contributed by atoms with E-state index >= 15 is 0 Å². The first-order valence-corrected chi connectivity index (χ1v) is 7.37. The molecule has 2 N–H and O–H groups in total. The number of ether oxygens (including phenoxy) is 1. The maximum atomic E-state index is 13.6. The zero-order valence-electron chi connectivity index (χ0n) is 12.2. The van der Waals surface area contributed by atoms with Crippen molar-refractivity contribution < 1.29 is 9.13 Å². The van der Waals surface area contributed by atoms with Crippen molar-refractivity contribution in [2.45, 2.75) is 31.2 Å². The average Bonchev–Trinajstić information content (AvgIpc) is 2.53. The van der Waals surface area contributed by atoms with E-state index in [0.717, 1.165) is 24.8 Å². The van der Waals surface area contributed by atoms with Crippen LogP contribution in [0.15, 0.2) is 42.5 Å². The first kappa shape index (κ1) is 14.1. The summed E-state index contributed by atoms with van der Waals surface area (Å²) in [5.41, 5.74) is 9.89. The van der Waals surface area contributed by atoms with Crippen LogP contribution in [0.5, 0.6) is 5.75 Å². The van der Waals surface area contributed by atoms with E-state index in [1.54, 1.807) is 13.2 Å². The zero-order valence-corrected chi connectivity index (χ0v) is 12.2. The molecule has 0 heterocycles. The summed E-state index contributed by atoms with van der Waals surface area (Å²) in [4.78, 5) is 0. The molecule has 2 atom stereocenters. The van der Waals surface area contributed by atoms with Crippen LogP contribution >= 0.6 is 0 Å². The summed E-state index contributed by atoms with van der Waals surface area (Å²) in [6, 6.07) is 12.7. The summed E-state index contributed by atoms with van der Waals surface area (Å²) in [7, 11) is 1.60. The fourth-order valence-corrected chi connectivity index (χ4v) is 3.35. The van der Waals surface area contributed by atoms with Gasteiger partial charge in [0.15, 0.2) is 0 Å². The van der Waals surface area contributed by atoms with Crippen LogP contribution in [-0.2, 0) is 6.42 Å². The summed E-state index contributed by atoms with van der Waals surface area (Å²) >= 11 is 0. The molecule has 2 nitrogen and oxygen atoms in total. The van der Waals surface area contributed by atoms with E-state index in [2.05, 4.69) is 18.2 Å². The third-order valence-electron chi connectivity index (χ3n) is 4.40. The molecule has 0 fully saturated rings. The maximum absolute atomic E-state index is 13.6. The minimum atomic E-state index is -0.273. The number of methoxy groups -OCH3 is 1. The molecule has 0 spiro atoms. The molecule has 1 aliphatic carbocycles. The fourth-order valence-electron chi connectivity index (χ4n) is 3.35. The second-order valence-corrected chi connectivity index (χ2v) is 5.61. The summed E-state index contributed by atoms with van der Waals surface area (Å²) in [6.45, 7) is 0. The molecule has 21 heavy (non-hydrogen) atoms. The van der Waals surface area contributed by atoms with Crippen LogP contribution in [0.1, 0.15) is 41.5 Å². The second kappa shape index (κ2) is 5.86. The van der Waals surface area contributed by atoms with Crippen LogP contribution in [0, 0.1) is 5.82 Å². The molecule has 0 saturated heterocycles. The van der Waals surface area contributed by atoms with Crippen molar-refractivity contribution in [3.63, 3.8) is 0 Å². The highest BCUT2D eigenvalue weighted by Crippen LogP contribution is 2.41. The van der Waals surface area contributed by atoms with E-state index in [1.807, 2.05) is 6.07 Å². The van der Waals surface area contributed by atoms with E-state index in [0.29, 0.717) is 5.75 Å². The Morgan fingerprint density at radius 1 is 1.24 bits per heavy atom. The van der Waals surface area contributed by atoms with Gasteiger partial charge in [0.2, 0.25) is 0 Å². The van der Waals surface area contributed by atoms with Crippen molar-refractivity contribution in [1.82, 2.24) is 0 Å². The average molecular weight is 285 g/mol. The van der Waals surface area contributed by atoms with Crippen molar-refractivity contribution in [3.8, 4) is 5.75 Å². The lowest BCUT2D eigenvalue weighted by Crippen LogP contribution is -2.24. The Hall–Kier alpha value is -1.87. The van der Waals surface area contributed by atoms with Gasteiger partial charge in [-0.25, -0.2) is 4.39 Å². The standard InChI is InChI=1S/C18H20FNO/c1-21-17-10-9-13(19)11-16(17)18(20)15-8-4-6-12-5-2-3-7-14(12)15/h2-3,5,7,9-11,15,18H,4,6,8,20H2,1H3. The van der Waals surface area contributed by atoms with Crippen molar-refractivity contribution in [1.29, 1.82) is 0 Å². The number of halogens is 1. The van der Waals surface area contributed by atoms with Crippen LogP contribution in [0.4, 0.5) is 4.39 Å². The highest BCUT2D eigenvalue weighted by Gasteiger charge is 2.28. The normalized spacial score (nSPS) is 18.9. The minimum absolute atomic E-state index is 0.214. The summed E-state index contributed by atoms with van der Waals surface area (Å²) in [5.74, 6) is 0.600. The van der Waals surface area contributed by atoms with E-state index in [4.69, 9.17) is 10.5 Å². The molecule has 1 aliphatic rings. The van der Waals surface area contributed by atoms with Crippen LogP contribution in [0.2, 0.25) is 0 Å². The van der Waals surface area contributed by atoms with Crippen molar-refractivity contribution in [3.05, 3.63) is 65.0 Å². The Balaban J connectivity index is 2.00. The number of rotatable bonds is 3. The molecule has 0 aliphatic heterocycles. The third-order valence-corrected chi connectivity index (χ3v) is 4.40. The number of fused-ring (bicyclic) bond motifs is 1. The molecule has 3 heteroatoms. The largest absolute Gasteiger partial charge is 0.496 e. The summed E-state index contributed by atoms with van der Waals surface area (Å²) in [5, 5.41) is 0. The fraction of sp³-hybridized carbons (Fsp3) is 0.333. The van der Waals surface area contributed by atoms with Gasteiger partial charge in [-0.05, 0) is 48.6 Å². The Labute approximate surface area is 124 Å². The van der Waals surface area contributed by atoms with Gasteiger partial charge in [0.25, 0.3) is 0 Å². The van der Waals surface area contributed by atoms with E-state index in [1.165, 1.54) is 23.3 Å². The molecule has 0 saturated carbocycles. The molecule has 3 rings (SSSR count). The topological polar surface area (TPSA) is 35.2 Å². The van der Waals surface area contributed by atoms with Gasteiger partial charge in [-0.15, -0.1) is 0 Å². The third kappa shape index (κ3) is 2.66. The number of benzene rings is 2. The Bertz CT molecular complexity index is 641. The first-order chi connectivity index (χ1) is 10.2. The molecule has 0 radical (unpaired) electrons. The molecule has 2 unspecified atom stereocenters. The smallest absolute Gasteiger partial charge is 0.123 e. The molecular weight excluding hydrogens is 265 g/mol. The van der Waals surface area contributed by atoms with Crippen LogP contribution in [0.3, 0.4) is 0 Å². The highest BCUT2D eigenvalue weighted by atomic mass is 19.1. The van der Waals surface area contributed by atoms with Crippen molar-refractivity contribution >= 4 is 0 Å². The lowest BCUT2D eigenvalue weighted by Gasteiger charge is -2.31. The van der Waals surface area contributed by atoms with Gasteiger partial charge in [-0.2, -0.15) is 0 Å². The van der Waals surface area contributed by atoms with Crippen LogP contribution in [0.25, 0.3) is 0 Å². The van der Waals surface area contributed by atoms with Gasteiger partial charge in [0, 0.05) is 17.5 Å². The summed E-state index contributed by atoms with van der Waals surface area (Å²) in [6.07, 6.45) is 3.24. The van der Waals surface area contributed by atoms with Gasteiger partial charge in [0.1, 0.15) is 11.6 Å². The minimum Gasteiger partial charge on any atom is -0.496 e. The predicted molar refractivity (Wildman–Crippen MR) is 82.0 cm³/mol. The van der Waals surface area contributed by atoms with E-state index in [-0.39, 0.29) is 17.8 Å². The zero-order chi connectivity index (χ0) is 14.8. The van der Waals surface area contributed by atoms with Crippen molar-refractivity contribution in [2.75, 3.05) is 7.11 Å². The van der Waals surface area contributed by atoms with Gasteiger partial charge in [-0.1, -0.05) is 24.3 Å². The lowest BCUT2D eigenvalue weighted by molar-refractivity contribution is 0.393. The molecule has 0 bridgehead atoms. The monoisotopic (exact) mass is 285 g/mol. The van der Waals surface area contributed by atoms with Gasteiger partial charge >= 0.3 is 0 Å². The molecule has 110 valence electrons. The molecule has 0 amide bonds. The quantitative estimate of drug-likeness (QED) is 0.926. The highest BCUT2D eigenvalue weighted by molar-refractivity contribution is 5.41. The van der Waals surface area contributed by atoms with Gasteiger partial charge in [-0.3, -0.25) is 0 Å². The van der Waals surface area contributed by atoms with Crippen molar-refractivity contribution in [2.24, 2.45) is 5.73 Å². The van der Waals surface area contributed by atoms with Gasteiger partial charge < -0.3 is 10.5 Å². The maximum Gasteiger partial charge on any atom is 0.123 e. The Morgan fingerprint density at radius 2 is 2.05 bits per heavy atom. The number of nitrogens with two attached hydrogens (primary N) is 1. The molecule has 2 aromatic carbocycles. The predicted octanol–water partition coefficient (Wildman–Crippen LogP) is 3.95. The van der Waals surface area contributed by atoms with Crippen LogP contribution in [-0.4, -0.2) is 7.11 Å². The second-order valence-electron chi connectivity index (χ2n) is 5.61. The first-order valence-electron chi connectivity index (χ1n) is 7.37. The number of hydrogen-bond acceptors (Lipinski definition) is 2. The SMILES string of the molecule is COc1ccc(F)cc1C(N)C1CCCc2ccccc21. The Morgan fingerprint density at radius 3 is 2.86 bits per heavy atom.